The number of carbonyl (C=O) groups excluding carboxylic acids is 9. The highest BCUT2D eigenvalue weighted by Crippen LogP contribution is 2.15. The van der Waals surface area contributed by atoms with Gasteiger partial charge in [-0.1, -0.05) is 77.0 Å². The van der Waals surface area contributed by atoms with Crippen molar-refractivity contribution in [3.05, 3.63) is 0 Å². The summed E-state index contributed by atoms with van der Waals surface area (Å²) in [5, 5.41) is 79.6. The molecule has 0 fully saturated rings. The van der Waals surface area contributed by atoms with Crippen LogP contribution in [0.5, 0.6) is 0 Å². The summed E-state index contributed by atoms with van der Waals surface area (Å²) in [6.07, 6.45) is 13.1. The minimum Gasteiger partial charge on any atom is -0.481 e. The van der Waals surface area contributed by atoms with Crippen molar-refractivity contribution in [2.24, 2.45) is 5.73 Å². The molecule has 7 unspecified atom stereocenters. The summed E-state index contributed by atoms with van der Waals surface area (Å²) < 4.78 is 21.2. The number of primary amides is 1. The second kappa shape index (κ2) is 56.2. The molecular weight excluding hydrogens is 1240 g/mol. The number of hydrogen-bond acceptors (Lipinski definition) is 20. The van der Waals surface area contributed by atoms with Gasteiger partial charge >= 0.3 is 23.9 Å². The Morgan fingerprint density at radius 3 is 1.20 bits per heavy atom. The maximum Gasteiger partial charge on any atom is 0.326 e. The van der Waals surface area contributed by atoms with E-state index in [-0.39, 0.29) is 136 Å². The SMILES string of the molecule is CNC(CCCCNC(=O)CCC(CO)NC(=O)CCC(NC(=O)COCCOCCNC(=O)COCCOCCNC(=O)CCC(NC(=O)CCC(NC(=O)CCCCCCCCCCCCCCCCC(=O)O)C(=O)O)C(=O)O)C(=O)O)C(=O)NC(C(N)=O)C(C)O. The Morgan fingerprint density at radius 1 is 0.383 bits per heavy atom. The third-order valence-electron chi connectivity index (χ3n) is 14.6. The van der Waals surface area contributed by atoms with Gasteiger partial charge in [-0.2, -0.15) is 0 Å². The molecule has 33 heteroatoms. The lowest BCUT2D eigenvalue weighted by molar-refractivity contribution is -0.143. The average molecular weight is 1350 g/mol. The minimum atomic E-state index is -1.44. The number of hydrogen-bond donors (Lipinski definition) is 16. The summed E-state index contributed by atoms with van der Waals surface area (Å²) in [5.41, 5.74) is 5.23. The monoisotopic (exact) mass is 1350 g/mol. The van der Waals surface area contributed by atoms with E-state index in [1.165, 1.54) is 32.6 Å². The molecule has 9 amide bonds. The van der Waals surface area contributed by atoms with Crippen molar-refractivity contribution in [3.8, 4) is 0 Å². The van der Waals surface area contributed by atoms with Crippen molar-refractivity contribution < 1.29 is 112 Å². The van der Waals surface area contributed by atoms with Gasteiger partial charge in [-0.3, -0.25) is 47.9 Å². The van der Waals surface area contributed by atoms with Crippen molar-refractivity contribution in [1.29, 1.82) is 0 Å². The zero-order valence-corrected chi connectivity index (χ0v) is 54.8. The van der Waals surface area contributed by atoms with Crippen LogP contribution in [0.4, 0.5) is 0 Å². The van der Waals surface area contributed by atoms with Crippen LogP contribution < -0.4 is 53.6 Å². The van der Waals surface area contributed by atoms with E-state index in [0.29, 0.717) is 25.7 Å². The summed E-state index contributed by atoms with van der Waals surface area (Å²) in [5.74, 6) is -10.2. The number of carbonyl (C=O) groups is 13. The Labute approximate surface area is 549 Å². The fourth-order valence-electron chi connectivity index (χ4n) is 9.18. The number of likely N-dealkylation sites (N-methyl/N-ethyl adjacent to an activating group) is 1. The summed E-state index contributed by atoms with van der Waals surface area (Å²) in [7, 11) is 1.56. The molecule has 0 aromatic heterocycles. The quantitative estimate of drug-likeness (QED) is 0.0330. The van der Waals surface area contributed by atoms with Crippen molar-refractivity contribution >= 4 is 77.0 Å². The van der Waals surface area contributed by atoms with Gasteiger partial charge in [-0.25, -0.2) is 14.4 Å². The standard InChI is InChI=1S/C61H108N10O23/c1-42(73)56(57(62)83)71-58(84)44(63-2)19-17-18-30-64-48(74)26-22-43(39-72)67-51(77)28-24-47(61(89)90)70-54(80)41-94-38-36-92-34-32-66-53(79)40-93-37-35-91-33-31-65-49(75)27-23-45(59(85)86)69-52(78)29-25-46(60(87)88)68-50(76)20-15-13-11-9-7-5-3-4-6-8-10-12-14-16-21-55(81)82/h42-47,56,63,72-73H,3-41H2,1-2H3,(H2,62,83)(H,64,74)(H,65,75)(H,66,79)(H,67,77)(H,68,76)(H,69,78)(H,70,80)(H,71,84)(H,81,82)(H,85,86)(H,87,88)(H,89,90). The molecule has 0 saturated carbocycles. The predicted octanol–water partition coefficient (Wildman–Crippen LogP) is -0.857. The Bertz CT molecular complexity index is 2250. The lowest BCUT2D eigenvalue weighted by Gasteiger charge is -2.22. The maximum atomic E-state index is 12.6. The highest BCUT2D eigenvalue weighted by Gasteiger charge is 2.28. The molecule has 33 nitrogen and oxygen atoms in total. The summed E-state index contributed by atoms with van der Waals surface area (Å²) in [6.45, 7) is 0.707. The van der Waals surface area contributed by atoms with Crippen molar-refractivity contribution in [1.82, 2.24) is 47.9 Å². The summed E-state index contributed by atoms with van der Waals surface area (Å²) >= 11 is 0. The van der Waals surface area contributed by atoms with E-state index >= 15 is 0 Å². The van der Waals surface area contributed by atoms with Crippen LogP contribution in [0.2, 0.25) is 0 Å². The number of aliphatic hydroxyl groups excluding tert-OH is 2. The third-order valence-corrected chi connectivity index (χ3v) is 14.6. The number of aliphatic carboxylic acids is 4. The molecule has 0 aliphatic rings. The molecule has 0 bridgehead atoms. The van der Waals surface area contributed by atoms with Crippen LogP contribution in [0.3, 0.4) is 0 Å². The van der Waals surface area contributed by atoms with Gasteiger partial charge in [0.25, 0.3) is 0 Å². The largest absolute Gasteiger partial charge is 0.481 e. The molecule has 0 aliphatic carbocycles. The smallest absolute Gasteiger partial charge is 0.326 e. The van der Waals surface area contributed by atoms with Crippen LogP contribution in [0, 0.1) is 0 Å². The molecule has 0 saturated heterocycles. The molecular formula is C61H108N10O23. The highest BCUT2D eigenvalue weighted by molar-refractivity contribution is 5.90. The van der Waals surface area contributed by atoms with Gasteiger partial charge in [-0.15, -0.1) is 0 Å². The molecule has 0 rings (SSSR count). The Kier molecular flexibility index (Phi) is 51.9. The van der Waals surface area contributed by atoms with Crippen LogP contribution in [0.15, 0.2) is 0 Å². The molecule has 0 heterocycles. The normalized spacial score (nSPS) is 13.3. The molecule has 0 aromatic carbocycles. The third kappa shape index (κ3) is 49.4. The van der Waals surface area contributed by atoms with Crippen LogP contribution in [0.1, 0.15) is 180 Å². The Morgan fingerprint density at radius 2 is 0.766 bits per heavy atom. The summed E-state index contributed by atoms with van der Waals surface area (Å²) in [4.78, 5) is 157. The molecule has 0 aliphatic heterocycles. The van der Waals surface area contributed by atoms with Crippen molar-refractivity contribution in [3.63, 3.8) is 0 Å². The van der Waals surface area contributed by atoms with E-state index in [1.54, 1.807) is 7.05 Å². The van der Waals surface area contributed by atoms with E-state index in [9.17, 15) is 87.9 Å². The van der Waals surface area contributed by atoms with Crippen molar-refractivity contribution in [2.75, 3.05) is 86.1 Å². The zero-order chi connectivity index (χ0) is 70.3. The maximum absolute atomic E-state index is 12.6. The molecule has 0 spiro atoms. The van der Waals surface area contributed by atoms with Gasteiger partial charge in [0.1, 0.15) is 37.4 Å². The van der Waals surface area contributed by atoms with E-state index in [0.717, 1.165) is 57.8 Å². The molecule has 0 aromatic rings. The number of nitrogens with two attached hydrogens (primary N) is 1. The van der Waals surface area contributed by atoms with E-state index in [1.807, 2.05) is 0 Å². The zero-order valence-electron chi connectivity index (χ0n) is 54.8. The number of nitrogens with one attached hydrogen (secondary N) is 9. The fourth-order valence-corrected chi connectivity index (χ4v) is 9.18. The first-order valence-corrected chi connectivity index (χ1v) is 32.6. The number of amides is 9. The van der Waals surface area contributed by atoms with Gasteiger partial charge in [-0.05, 0) is 71.8 Å². The number of carboxylic acid groups (broad SMARTS) is 4. The van der Waals surface area contributed by atoms with Crippen molar-refractivity contribution in [2.45, 2.75) is 223 Å². The number of rotatable bonds is 63. The second-order valence-corrected chi connectivity index (χ2v) is 22.7. The number of unbranched alkanes of at least 4 members (excludes halogenated alkanes) is 14. The number of aliphatic hydroxyl groups is 2. The van der Waals surface area contributed by atoms with Gasteiger partial charge in [0, 0.05) is 58.2 Å². The molecule has 7 atom stereocenters. The minimum absolute atomic E-state index is 0.0262. The first-order valence-electron chi connectivity index (χ1n) is 32.6. The van der Waals surface area contributed by atoms with Crippen LogP contribution in [0.25, 0.3) is 0 Å². The Balaban J connectivity index is 4.14. The first-order chi connectivity index (χ1) is 44.9. The van der Waals surface area contributed by atoms with Gasteiger partial charge in [0.2, 0.25) is 53.2 Å². The number of carboxylic acids is 4. The fraction of sp³-hybridized carbons (Fsp3) is 0.787. The molecule has 17 N–H and O–H groups in total. The van der Waals surface area contributed by atoms with Crippen LogP contribution in [-0.4, -0.2) is 236 Å². The predicted molar refractivity (Wildman–Crippen MR) is 338 cm³/mol. The van der Waals surface area contributed by atoms with Gasteiger partial charge in [0.15, 0.2) is 0 Å². The van der Waals surface area contributed by atoms with Gasteiger partial charge in [0.05, 0.1) is 64.4 Å². The van der Waals surface area contributed by atoms with E-state index in [2.05, 4.69) is 47.9 Å². The average Bonchev–Trinajstić information content (AvgIpc) is 1.12. The van der Waals surface area contributed by atoms with Crippen LogP contribution in [-0.2, 0) is 81.3 Å². The van der Waals surface area contributed by atoms with E-state index in [4.69, 9.17) is 29.8 Å². The van der Waals surface area contributed by atoms with E-state index < -0.39 is 127 Å². The Hall–Kier alpha value is -7.17. The summed E-state index contributed by atoms with van der Waals surface area (Å²) in [6, 6.07) is -6.95. The lowest BCUT2D eigenvalue weighted by Crippen LogP contribution is -2.55. The molecule has 540 valence electrons. The van der Waals surface area contributed by atoms with Crippen LogP contribution >= 0.6 is 0 Å². The lowest BCUT2D eigenvalue weighted by atomic mass is 10.0. The topological polar surface area (TPSA) is 514 Å². The van der Waals surface area contributed by atoms with Gasteiger partial charge < -0.3 is 103 Å². The number of ether oxygens (including phenoxy) is 4. The molecule has 94 heavy (non-hydrogen) atoms. The highest BCUT2D eigenvalue weighted by atomic mass is 16.5. The molecule has 0 radical (unpaired) electrons. The second-order valence-electron chi connectivity index (χ2n) is 22.7. The first kappa shape index (κ1) is 86.8.